The molecule has 1 fully saturated rings. The van der Waals surface area contributed by atoms with Gasteiger partial charge in [-0.1, -0.05) is 5.16 Å². The van der Waals surface area contributed by atoms with Gasteiger partial charge in [-0.25, -0.2) is 0 Å². The average Bonchev–Trinajstić information content (AvgIpc) is 2.91. The van der Waals surface area contributed by atoms with Crippen molar-refractivity contribution >= 4 is 5.69 Å². The largest absolute Gasteiger partial charge is 0.371 e. The van der Waals surface area contributed by atoms with Crippen molar-refractivity contribution in [2.75, 3.05) is 5.32 Å². The van der Waals surface area contributed by atoms with Crippen LogP contribution in [0.25, 0.3) is 0 Å². The van der Waals surface area contributed by atoms with Gasteiger partial charge in [-0.15, -0.1) is 0 Å². The highest BCUT2D eigenvalue weighted by Crippen LogP contribution is 2.38. The molecule has 1 atom stereocenters. The van der Waals surface area contributed by atoms with Crippen LogP contribution in [0.4, 0.5) is 5.69 Å². The van der Waals surface area contributed by atoms with E-state index in [1.54, 1.807) is 0 Å². The molecule has 2 heterocycles. The summed E-state index contributed by atoms with van der Waals surface area (Å²) in [5, 5.41) is 11.7. The lowest BCUT2D eigenvalue weighted by molar-refractivity contribution is 0.355. The minimum Gasteiger partial charge on any atom is -0.371 e. The molecular weight excluding hydrogens is 254 g/mol. The number of nitrogens with zero attached hydrogens (tertiary/aromatic N) is 4. The van der Waals surface area contributed by atoms with Crippen molar-refractivity contribution in [1.82, 2.24) is 19.9 Å². The summed E-state index contributed by atoms with van der Waals surface area (Å²) in [6.07, 6.45) is 6.17. The summed E-state index contributed by atoms with van der Waals surface area (Å²) in [5.41, 5.74) is 0.936. The Morgan fingerprint density at radius 1 is 1.40 bits per heavy atom. The van der Waals surface area contributed by atoms with Gasteiger partial charge in [-0.05, 0) is 40.5 Å². The van der Waals surface area contributed by atoms with E-state index < -0.39 is 0 Å². The number of anilines is 1. The first-order valence-corrected chi connectivity index (χ1v) is 7.08. The molecular formula is C14H21N5O. The Hall–Kier alpha value is -1.85. The van der Waals surface area contributed by atoms with Crippen LogP contribution in [0.15, 0.2) is 16.9 Å². The second-order valence-corrected chi connectivity index (χ2v) is 6.48. The minimum atomic E-state index is -0.0210. The first-order valence-electron chi connectivity index (χ1n) is 7.08. The zero-order chi connectivity index (χ0) is 14.3. The van der Waals surface area contributed by atoms with Gasteiger partial charge >= 0.3 is 0 Å². The second-order valence-electron chi connectivity index (χ2n) is 6.48. The molecule has 6 nitrogen and oxygen atoms in total. The van der Waals surface area contributed by atoms with E-state index in [2.05, 4.69) is 41.3 Å². The van der Waals surface area contributed by atoms with E-state index in [0.29, 0.717) is 11.8 Å². The van der Waals surface area contributed by atoms with Crippen LogP contribution in [0, 0.1) is 0 Å². The van der Waals surface area contributed by atoms with E-state index in [4.69, 9.17) is 4.52 Å². The van der Waals surface area contributed by atoms with Crippen molar-refractivity contribution in [3.63, 3.8) is 0 Å². The van der Waals surface area contributed by atoms with E-state index in [9.17, 15) is 0 Å². The summed E-state index contributed by atoms with van der Waals surface area (Å²) in [5.74, 6) is 2.00. The first kappa shape index (κ1) is 13.1. The smallest absolute Gasteiger partial charge is 0.248 e. The summed E-state index contributed by atoms with van der Waals surface area (Å²) in [6.45, 7) is 8.37. The van der Waals surface area contributed by atoms with Crippen molar-refractivity contribution in [3.05, 3.63) is 24.1 Å². The summed E-state index contributed by atoms with van der Waals surface area (Å²) in [4.78, 5) is 4.46. The van der Waals surface area contributed by atoms with Crippen molar-refractivity contribution in [3.8, 4) is 0 Å². The molecule has 2 aromatic heterocycles. The third-order valence-corrected chi connectivity index (χ3v) is 3.42. The molecule has 3 rings (SSSR count). The molecule has 1 N–H and O–H groups in total. The minimum absolute atomic E-state index is 0.0207. The molecule has 1 aliphatic rings. The van der Waals surface area contributed by atoms with Crippen LogP contribution in [0.1, 0.15) is 64.2 Å². The predicted molar refractivity (Wildman–Crippen MR) is 75.5 cm³/mol. The molecule has 1 aliphatic carbocycles. The average molecular weight is 275 g/mol. The van der Waals surface area contributed by atoms with Gasteiger partial charge in [0.05, 0.1) is 17.4 Å². The Morgan fingerprint density at radius 3 is 2.75 bits per heavy atom. The summed E-state index contributed by atoms with van der Waals surface area (Å²) in [6, 6.07) is -0.0207. The third kappa shape index (κ3) is 2.69. The molecule has 6 heteroatoms. The molecule has 1 saturated carbocycles. The lowest BCUT2D eigenvalue weighted by atomic mass is 10.1. The van der Waals surface area contributed by atoms with Gasteiger partial charge in [0.25, 0.3) is 0 Å². The second kappa shape index (κ2) is 4.61. The molecule has 20 heavy (non-hydrogen) atoms. The zero-order valence-corrected chi connectivity index (χ0v) is 12.4. The summed E-state index contributed by atoms with van der Waals surface area (Å²) in [7, 11) is 0. The van der Waals surface area contributed by atoms with Crippen LogP contribution >= 0.6 is 0 Å². The van der Waals surface area contributed by atoms with E-state index >= 15 is 0 Å². The van der Waals surface area contributed by atoms with Crippen molar-refractivity contribution in [2.24, 2.45) is 0 Å². The van der Waals surface area contributed by atoms with Gasteiger partial charge in [0.1, 0.15) is 6.04 Å². The van der Waals surface area contributed by atoms with Crippen LogP contribution in [0.3, 0.4) is 0 Å². The van der Waals surface area contributed by atoms with Crippen LogP contribution in [0.5, 0.6) is 0 Å². The Bertz CT molecular complexity index is 591. The van der Waals surface area contributed by atoms with Gasteiger partial charge in [-0.2, -0.15) is 10.1 Å². The molecule has 0 aromatic carbocycles. The fourth-order valence-corrected chi connectivity index (χ4v) is 2.01. The molecule has 0 saturated heterocycles. The van der Waals surface area contributed by atoms with E-state index in [0.717, 1.165) is 11.5 Å². The van der Waals surface area contributed by atoms with Gasteiger partial charge in [-0.3, -0.25) is 4.68 Å². The van der Waals surface area contributed by atoms with Gasteiger partial charge in [0, 0.05) is 12.1 Å². The maximum Gasteiger partial charge on any atom is 0.248 e. The first-order chi connectivity index (χ1) is 9.43. The Kier molecular flexibility index (Phi) is 3.03. The topological polar surface area (TPSA) is 68.8 Å². The maximum absolute atomic E-state index is 5.32. The molecule has 0 spiro atoms. The fourth-order valence-electron chi connectivity index (χ4n) is 2.01. The van der Waals surface area contributed by atoms with Gasteiger partial charge in [0.15, 0.2) is 5.82 Å². The van der Waals surface area contributed by atoms with Gasteiger partial charge in [0.2, 0.25) is 5.89 Å². The number of aromatic nitrogens is 4. The van der Waals surface area contributed by atoms with Crippen molar-refractivity contribution in [1.29, 1.82) is 0 Å². The maximum atomic E-state index is 5.32. The number of hydrogen-bond acceptors (Lipinski definition) is 5. The quantitative estimate of drug-likeness (QED) is 0.928. The fraction of sp³-hybridized carbons (Fsp3) is 0.643. The summed E-state index contributed by atoms with van der Waals surface area (Å²) >= 11 is 0. The number of nitrogens with one attached hydrogen (secondary N) is 1. The highest BCUT2D eigenvalue weighted by Gasteiger charge is 2.29. The highest BCUT2D eigenvalue weighted by molar-refractivity contribution is 5.40. The van der Waals surface area contributed by atoms with Crippen LogP contribution in [0.2, 0.25) is 0 Å². The standard InChI is InChI=1S/C14H21N5O/c1-9(13-17-12(18-20-13)10-5-6-10)16-11-7-15-19(8-11)14(2,3)4/h7-10,16H,5-6H2,1-4H3/t9-/m0/s1. The van der Waals surface area contributed by atoms with Gasteiger partial charge < -0.3 is 9.84 Å². The monoisotopic (exact) mass is 275 g/mol. The van der Waals surface area contributed by atoms with E-state index in [-0.39, 0.29) is 11.6 Å². The molecule has 0 bridgehead atoms. The molecule has 0 amide bonds. The van der Waals surface area contributed by atoms with Crippen LogP contribution in [-0.2, 0) is 5.54 Å². The lowest BCUT2D eigenvalue weighted by Gasteiger charge is -2.18. The van der Waals surface area contributed by atoms with Crippen LogP contribution < -0.4 is 5.32 Å². The highest BCUT2D eigenvalue weighted by atomic mass is 16.5. The Labute approximate surface area is 118 Å². The molecule has 0 unspecified atom stereocenters. The molecule has 0 aliphatic heterocycles. The Balaban J connectivity index is 1.68. The zero-order valence-electron chi connectivity index (χ0n) is 12.4. The lowest BCUT2D eigenvalue weighted by Crippen LogP contribution is -2.21. The van der Waals surface area contributed by atoms with Crippen LogP contribution in [-0.4, -0.2) is 19.9 Å². The predicted octanol–water partition coefficient (Wildman–Crippen LogP) is 3.07. The number of hydrogen-bond donors (Lipinski definition) is 1. The van der Waals surface area contributed by atoms with Crippen molar-refractivity contribution in [2.45, 2.75) is 58.0 Å². The van der Waals surface area contributed by atoms with E-state index in [1.807, 2.05) is 24.0 Å². The SMILES string of the molecule is C[C@H](Nc1cnn(C(C)(C)C)c1)c1nc(C2CC2)no1. The summed E-state index contributed by atoms with van der Waals surface area (Å²) < 4.78 is 7.26. The normalized spacial score (nSPS) is 17.2. The number of rotatable bonds is 4. The molecule has 108 valence electrons. The Morgan fingerprint density at radius 2 is 2.15 bits per heavy atom. The van der Waals surface area contributed by atoms with E-state index in [1.165, 1.54) is 12.8 Å². The third-order valence-electron chi connectivity index (χ3n) is 3.42. The molecule has 2 aromatic rings. The molecule has 0 radical (unpaired) electrons. The van der Waals surface area contributed by atoms with Crippen molar-refractivity contribution < 1.29 is 4.52 Å².